The van der Waals surface area contributed by atoms with Gasteiger partial charge in [0.2, 0.25) is 5.91 Å². The van der Waals surface area contributed by atoms with Crippen molar-refractivity contribution in [1.29, 1.82) is 0 Å². The van der Waals surface area contributed by atoms with Crippen molar-refractivity contribution in [3.8, 4) is 0 Å². The van der Waals surface area contributed by atoms with Gasteiger partial charge in [-0.15, -0.1) is 0 Å². The lowest BCUT2D eigenvalue weighted by Crippen LogP contribution is -2.44. The summed E-state index contributed by atoms with van der Waals surface area (Å²) in [6.45, 7) is 1.79. The minimum atomic E-state index is -4.50. The van der Waals surface area contributed by atoms with E-state index in [-0.39, 0.29) is 11.6 Å². The van der Waals surface area contributed by atoms with Crippen LogP contribution in [-0.2, 0) is 16.4 Å². The van der Waals surface area contributed by atoms with Crippen LogP contribution in [0.25, 0.3) is 0 Å². The van der Waals surface area contributed by atoms with Crippen molar-refractivity contribution in [3.63, 3.8) is 0 Å². The Morgan fingerprint density at radius 1 is 0.828 bits per heavy atom. The lowest BCUT2D eigenvalue weighted by molar-refractivity contribution is -0.137. The molecule has 0 saturated heterocycles. The smallest absolute Gasteiger partial charge is 0.313 e. The number of benzene rings is 3. The third-order valence-corrected chi connectivity index (χ3v) is 5.74. The van der Waals surface area contributed by atoms with Crippen LogP contribution in [0.2, 0.25) is 0 Å². The molecule has 3 rings (SSSR count). The molecule has 0 radical (unpaired) electrons. The minimum Gasteiger partial charge on any atom is -0.313 e. The highest BCUT2D eigenvalue weighted by Gasteiger charge is 2.40. The van der Waals surface area contributed by atoms with E-state index in [9.17, 15) is 18.0 Å². The number of nitrogens with zero attached hydrogens (tertiary/aromatic N) is 1. The predicted octanol–water partition coefficient (Wildman–Crippen LogP) is 6.44. The molecular formula is C23H19BrF3NO. The third kappa shape index (κ3) is 4.08. The van der Waals surface area contributed by atoms with Crippen molar-refractivity contribution in [2.75, 3.05) is 11.9 Å². The molecule has 0 aliphatic rings. The van der Waals surface area contributed by atoms with Gasteiger partial charge in [-0.05, 0) is 52.2 Å². The monoisotopic (exact) mass is 461 g/mol. The first-order valence-electron chi connectivity index (χ1n) is 8.91. The van der Waals surface area contributed by atoms with Crippen molar-refractivity contribution in [1.82, 2.24) is 0 Å². The largest absolute Gasteiger partial charge is 0.416 e. The van der Waals surface area contributed by atoms with Gasteiger partial charge in [0.25, 0.3) is 0 Å². The molecule has 0 heterocycles. The van der Waals surface area contributed by atoms with E-state index in [0.29, 0.717) is 4.47 Å². The molecule has 0 aliphatic carbocycles. The fraction of sp³-hybridized carbons (Fsp3) is 0.174. The molecule has 3 aromatic carbocycles. The van der Waals surface area contributed by atoms with E-state index in [2.05, 4.69) is 15.9 Å². The average Bonchev–Trinajstić information content (AvgIpc) is 2.73. The Morgan fingerprint density at radius 3 is 1.76 bits per heavy atom. The quantitative estimate of drug-likeness (QED) is 0.437. The van der Waals surface area contributed by atoms with Crippen LogP contribution in [-0.4, -0.2) is 13.0 Å². The van der Waals surface area contributed by atoms with E-state index in [4.69, 9.17) is 0 Å². The molecule has 0 saturated carbocycles. The number of alkyl halides is 3. The summed E-state index contributed by atoms with van der Waals surface area (Å²) < 4.78 is 40.0. The highest BCUT2D eigenvalue weighted by molar-refractivity contribution is 9.10. The van der Waals surface area contributed by atoms with Crippen molar-refractivity contribution in [2.45, 2.75) is 18.5 Å². The van der Waals surface area contributed by atoms with Crippen molar-refractivity contribution in [3.05, 3.63) is 100 Å². The Kier molecular flexibility index (Phi) is 5.85. The molecular weight excluding hydrogens is 443 g/mol. The first-order chi connectivity index (χ1) is 13.7. The fourth-order valence-electron chi connectivity index (χ4n) is 3.35. The van der Waals surface area contributed by atoms with Gasteiger partial charge in [-0.25, -0.2) is 0 Å². The van der Waals surface area contributed by atoms with Gasteiger partial charge in [-0.2, -0.15) is 13.2 Å². The van der Waals surface area contributed by atoms with Gasteiger partial charge in [0, 0.05) is 11.5 Å². The van der Waals surface area contributed by atoms with E-state index in [1.54, 1.807) is 6.92 Å². The standard InChI is InChI=1S/C23H19BrF3NO/c1-22(16-9-5-3-6-10-16,17-11-7-4-8-12-17)21(29)28(2)20-15-18(23(25,26)27)13-14-19(20)24/h3-15H,1-2H3. The maximum atomic E-state index is 13.7. The topological polar surface area (TPSA) is 20.3 Å². The molecule has 0 N–H and O–H groups in total. The molecule has 2 nitrogen and oxygen atoms in total. The second kappa shape index (κ2) is 8.03. The Labute approximate surface area is 176 Å². The molecule has 29 heavy (non-hydrogen) atoms. The first-order valence-corrected chi connectivity index (χ1v) is 9.71. The maximum Gasteiger partial charge on any atom is 0.416 e. The summed E-state index contributed by atoms with van der Waals surface area (Å²) in [7, 11) is 1.49. The van der Waals surface area contributed by atoms with Crippen LogP contribution in [0.5, 0.6) is 0 Å². The number of hydrogen-bond donors (Lipinski definition) is 0. The second-order valence-corrected chi connectivity index (χ2v) is 7.74. The summed E-state index contributed by atoms with van der Waals surface area (Å²) in [5.74, 6) is -0.338. The van der Waals surface area contributed by atoms with Gasteiger partial charge in [-0.1, -0.05) is 60.7 Å². The third-order valence-electron chi connectivity index (χ3n) is 5.07. The highest BCUT2D eigenvalue weighted by atomic mass is 79.9. The summed E-state index contributed by atoms with van der Waals surface area (Å²) in [5.41, 5.74) is -0.220. The molecule has 0 bridgehead atoms. The maximum absolute atomic E-state index is 13.7. The van der Waals surface area contributed by atoms with Gasteiger partial charge in [-0.3, -0.25) is 4.79 Å². The van der Waals surface area contributed by atoms with E-state index in [1.165, 1.54) is 18.0 Å². The van der Waals surface area contributed by atoms with Crippen molar-refractivity contribution < 1.29 is 18.0 Å². The molecule has 6 heteroatoms. The minimum absolute atomic E-state index is 0.155. The van der Waals surface area contributed by atoms with Crippen molar-refractivity contribution in [2.24, 2.45) is 0 Å². The predicted molar refractivity (Wildman–Crippen MR) is 112 cm³/mol. The number of carbonyl (C=O) groups is 1. The number of hydrogen-bond acceptors (Lipinski definition) is 1. The normalized spacial score (nSPS) is 11.9. The molecule has 0 unspecified atom stereocenters. The SMILES string of the molecule is CN(C(=O)C(C)(c1ccccc1)c1ccccc1)c1cc(C(F)(F)F)ccc1Br. The number of carbonyl (C=O) groups excluding carboxylic acids is 1. The lowest BCUT2D eigenvalue weighted by Gasteiger charge is -2.34. The van der Waals surface area contributed by atoms with Gasteiger partial charge in [0.05, 0.1) is 16.7 Å². The summed E-state index contributed by atoms with van der Waals surface area (Å²) >= 11 is 3.28. The molecule has 0 aromatic heterocycles. The Hall–Kier alpha value is -2.60. The van der Waals surface area contributed by atoms with Crippen LogP contribution in [0.4, 0.5) is 18.9 Å². The molecule has 3 aromatic rings. The van der Waals surface area contributed by atoms with Crippen LogP contribution < -0.4 is 4.90 Å². The number of halogens is 4. The second-order valence-electron chi connectivity index (χ2n) is 6.89. The first kappa shape index (κ1) is 21.1. The number of likely N-dealkylation sites (N-methyl/N-ethyl adjacent to an activating group) is 1. The molecule has 0 aliphatic heterocycles. The zero-order valence-electron chi connectivity index (χ0n) is 15.9. The molecule has 1 amide bonds. The van der Waals surface area contributed by atoms with Gasteiger partial charge < -0.3 is 4.90 Å². The summed E-state index contributed by atoms with van der Waals surface area (Å²) in [6, 6.07) is 21.7. The van der Waals surface area contributed by atoms with Crippen LogP contribution in [0.1, 0.15) is 23.6 Å². The van der Waals surface area contributed by atoms with Gasteiger partial charge in [0.1, 0.15) is 0 Å². The molecule has 0 fully saturated rings. The molecule has 0 atom stereocenters. The van der Waals surface area contributed by atoms with Crippen LogP contribution >= 0.6 is 15.9 Å². The van der Waals surface area contributed by atoms with Crippen LogP contribution in [0.15, 0.2) is 83.3 Å². The summed E-state index contributed by atoms with van der Waals surface area (Å²) in [5, 5.41) is 0. The number of rotatable bonds is 4. The Bertz CT molecular complexity index is 964. The van der Waals surface area contributed by atoms with Gasteiger partial charge in [0.15, 0.2) is 0 Å². The highest BCUT2D eigenvalue weighted by Crippen LogP contribution is 2.39. The average molecular weight is 462 g/mol. The number of amides is 1. The van der Waals surface area contributed by atoms with Crippen LogP contribution in [0, 0.1) is 0 Å². The molecule has 150 valence electrons. The van der Waals surface area contributed by atoms with E-state index in [1.807, 2.05) is 60.7 Å². The van der Waals surface area contributed by atoms with Crippen LogP contribution in [0.3, 0.4) is 0 Å². The fourth-order valence-corrected chi connectivity index (χ4v) is 3.86. The molecule has 0 spiro atoms. The Balaban J connectivity index is 2.13. The summed E-state index contributed by atoms with van der Waals surface area (Å²) in [6.07, 6.45) is -4.50. The Morgan fingerprint density at radius 2 is 1.31 bits per heavy atom. The van der Waals surface area contributed by atoms with E-state index >= 15 is 0 Å². The van der Waals surface area contributed by atoms with E-state index in [0.717, 1.165) is 23.3 Å². The zero-order valence-corrected chi connectivity index (χ0v) is 17.5. The summed E-state index contributed by atoms with van der Waals surface area (Å²) in [4.78, 5) is 15.0. The van der Waals surface area contributed by atoms with E-state index < -0.39 is 17.2 Å². The zero-order chi connectivity index (χ0) is 21.2. The van der Waals surface area contributed by atoms with Gasteiger partial charge >= 0.3 is 6.18 Å². The number of anilines is 1. The van der Waals surface area contributed by atoms with Crippen molar-refractivity contribution >= 4 is 27.5 Å². The lowest BCUT2D eigenvalue weighted by atomic mass is 9.75.